The number of methoxy groups -OCH3 is 1. The van der Waals surface area contributed by atoms with E-state index in [0.717, 1.165) is 15.4 Å². The van der Waals surface area contributed by atoms with Crippen molar-refractivity contribution in [3.8, 4) is 5.75 Å². The molecule has 8 nitrogen and oxygen atoms in total. The van der Waals surface area contributed by atoms with E-state index in [4.69, 9.17) is 16.3 Å². The van der Waals surface area contributed by atoms with Crippen LogP contribution in [0.4, 0.5) is 5.69 Å². The normalized spacial score (nSPS) is 12.4. The Morgan fingerprint density at radius 2 is 1.64 bits per heavy atom. The van der Waals surface area contributed by atoms with Crippen LogP contribution < -0.4 is 14.4 Å². The summed E-state index contributed by atoms with van der Waals surface area (Å²) in [6.07, 6.45) is 0.323. The summed E-state index contributed by atoms with van der Waals surface area (Å²) in [5.74, 6) is -0.384. The average Bonchev–Trinajstić information content (AvgIpc) is 2.92. The van der Waals surface area contributed by atoms with Gasteiger partial charge in [0, 0.05) is 17.1 Å². The number of carbonyl (C=O) groups is 2. The van der Waals surface area contributed by atoms with Gasteiger partial charge in [-0.25, -0.2) is 8.42 Å². The topological polar surface area (TPSA) is 96.0 Å². The van der Waals surface area contributed by atoms with Crippen LogP contribution in [-0.4, -0.2) is 50.4 Å². The van der Waals surface area contributed by atoms with E-state index >= 15 is 0 Å². The van der Waals surface area contributed by atoms with Crippen molar-refractivity contribution >= 4 is 55.1 Å². The molecule has 42 heavy (non-hydrogen) atoms. The molecule has 0 bridgehead atoms. The molecule has 0 aromatic heterocycles. The fourth-order valence-electron chi connectivity index (χ4n) is 4.33. The lowest BCUT2D eigenvalue weighted by Crippen LogP contribution is -2.55. The van der Waals surface area contributed by atoms with E-state index in [2.05, 4.69) is 21.2 Å². The van der Waals surface area contributed by atoms with Crippen LogP contribution in [0.3, 0.4) is 0 Å². The second-order valence-electron chi connectivity index (χ2n) is 11.0. The van der Waals surface area contributed by atoms with Crippen LogP contribution >= 0.6 is 27.5 Å². The van der Waals surface area contributed by atoms with Crippen molar-refractivity contribution in [1.82, 2.24) is 10.2 Å². The first kappa shape index (κ1) is 33.4. The first-order chi connectivity index (χ1) is 19.7. The SMILES string of the molecule is CC[C@@H](C(=O)NC(C)(C)C)N(Cc1ccc(Cl)cc1)C(=O)CN(c1ccc(C)cc1)S(=O)(=O)c1ccc(OC)c(Br)c1. The standard InChI is InChI=1S/C31H37BrClN3O5S/c1-7-27(30(38)34-31(3,4)5)35(19-22-10-12-23(33)13-11-22)29(37)20-36(24-14-8-21(2)9-15-24)42(39,40)25-16-17-28(41-6)26(32)18-25/h8-18,27H,7,19-20H2,1-6H3,(H,34,38)/t27-/m0/s1. The Balaban J connectivity index is 2.09. The number of aryl methyl sites for hydroxylation is 1. The first-order valence-electron chi connectivity index (χ1n) is 13.4. The van der Waals surface area contributed by atoms with Crippen molar-refractivity contribution in [2.45, 2.75) is 64.1 Å². The number of sulfonamides is 1. The van der Waals surface area contributed by atoms with Crippen molar-refractivity contribution in [2.24, 2.45) is 0 Å². The van der Waals surface area contributed by atoms with Crippen molar-refractivity contribution in [3.05, 3.63) is 87.4 Å². The Morgan fingerprint density at radius 1 is 1.02 bits per heavy atom. The third-order valence-corrected chi connectivity index (χ3v) is 9.10. The summed E-state index contributed by atoms with van der Waals surface area (Å²) in [6, 6.07) is 17.4. The number of halogens is 2. The Kier molecular flexibility index (Phi) is 11.1. The van der Waals surface area contributed by atoms with Gasteiger partial charge in [0.05, 0.1) is 22.2 Å². The van der Waals surface area contributed by atoms with Crippen LogP contribution in [0.2, 0.25) is 5.02 Å². The highest BCUT2D eigenvalue weighted by Crippen LogP contribution is 2.31. The van der Waals surface area contributed by atoms with Crippen LogP contribution in [0.15, 0.2) is 76.1 Å². The number of hydrogen-bond acceptors (Lipinski definition) is 5. The van der Waals surface area contributed by atoms with Crippen LogP contribution in [0.25, 0.3) is 0 Å². The fraction of sp³-hybridized carbons (Fsp3) is 0.355. The molecule has 0 saturated carbocycles. The average molecular weight is 679 g/mol. The summed E-state index contributed by atoms with van der Waals surface area (Å²) in [7, 11) is -2.73. The summed E-state index contributed by atoms with van der Waals surface area (Å²) < 4.78 is 35.0. The van der Waals surface area contributed by atoms with Crippen molar-refractivity contribution in [2.75, 3.05) is 18.0 Å². The minimum absolute atomic E-state index is 0.0229. The lowest BCUT2D eigenvalue weighted by atomic mass is 10.1. The molecule has 0 heterocycles. The lowest BCUT2D eigenvalue weighted by molar-refractivity contribution is -0.141. The first-order valence-corrected chi connectivity index (χ1v) is 16.1. The smallest absolute Gasteiger partial charge is 0.264 e. The molecule has 2 amide bonds. The van der Waals surface area contributed by atoms with Gasteiger partial charge in [0.2, 0.25) is 11.8 Å². The van der Waals surface area contributed by atoms with Gasteiger partial charge in [-0.1, -0.05) is 48.4 Å². The number of nitrogens with one attached hydrogen (secondary N) is 1. The monoisotopic (exact) mass is 677 g/mol. The zero-order chi connectivity index (χ0) is 31.2. The summed E-state index contributed by atoms with van der Waals surface area (Å²) in [6.45, 7) is 8.86. The fourth-order valence-corrected chi connectivity index (χ4v) is 6.59. The molecule has 1 N–H and O–H groups in total. The number of carbonyl (C=O) groups excluding carboxylic acids is 2. The second kappa shape index (κ2) is 13.9. The molecule has 0 aliphatic rings. The van der Waals surface area contributed by atoms with Crippen LogP contribution in [0, 0.1) is 6.92 Å². The molecular weight excluding hydrogens is 642 g/mol. The number of amides is 2. The number of hydrogen-bond donors (Lipinski definition) is 1. The molecule has 0 radical (unpaired) electrons. The molecule has 3 rings (SSSR count). The van der Waals surface area contributed by atoms with Gasteiger partial charge in [-0.3, -0.25) is 13.9 Å². The number of nitrogens with zero attached hydrogens (tertiary/aromatic N) is 2. The minimum atomic E-state index is -4.22. The third-order valence-electron chi connectivity index (χ3n) is 6.46. The zero-order valence-electron chi connectivity index (χ0n) is 24.6. The third kappa shape index (κ3) is 8.49. The van der Waals surface area contributed by atoms with Gasteiger partial charge in [0.15, 0.2) is 0 Å². The Morgan fingerprint density at radius 3 is 2.17 bits per heavy atom. The highest BCUT2D eigenvalue weighted by molar-refractivity contribution is 9.10. The number of anilines is 1. The molecule has 0 spiro atoms. The van der Waals surface area contributed by atoms with Gasteiger partial charge in [0.1, 0.15) is 18.3 Å². The van der Waals surface area contributed by atoms with Gasteiger partial charge in [-0.05, 0) is 98.1 Å². The highest BCUT2D eigenvalue weighted by atomic mass is 79.9. The predicted octanol–water partition coefficient (Wildman–Crippen LogP) is 6.34. The quantitative estimate of drug-likeness (QED) is 0.256. The molecule has 0 saturated heterocycles. The van der Waals surface area contributed by atoms with Gasteiger partial charge in [0.25, 0.3) is 10.0 Å². The van der Waals surface area contributed by atoms with Crippen molar-refractivity contribution < 1.29 is 22.7 Å². The molecule has 1 atom stereocenters. The zero-order valence-corrected chi connectivity index (χ0v) is 27.8. The van der Waals surface area contributed by atoms with Crippen LogP contribution in [0.5, 0.6) is 5.75 Å². The Bertz CT molecular complexity index is 1510. The largest absolute Gasteiger partial charge is 0.496 e. The number of benzene rings is 3. The van der Waals surface area contributed by atoms with Crippen molar-refractivity contribution in [3.63, 3.8) is 0 Å². The van der Waals surface area contributed by atoms with Gasteiger partial charge in [-0.2, -0.15) is 0 Å². The Labute approximate surface area is 262 Å². The maximum Gasteiger partial charge on any atom is 0.264 e. The Hall–Kier alpha value is -3.08. The summed E-state index contributed by atoms with van der Waals surface area (Å²) >= 11 is 9.44. The van der Waals surface area contributed by atoms with Gasteiger partial charge in [-0.15, -0.1) is 0 Å². The van der Waals surface area contributed by atoms with E-state index in [-0.39, 0.29) is 17.3 Å². The molecule has 11 heteroatoms. The van der Waals surface area contributed by atoms with Gasteiger partial charge < -0.3 is 15.0 Å². The van der Waals surface area contributed by atoms with E-state index in [1.807, 2.05) is 34.6 Å². The number of rotatable bonds is 11. The molecule has 0 fully saturated rings. The second-order valence-corrected chi connectivity index (χ2v) is 14.1. The highest BCUT2D eigenvalue weighted by Gasteiger charge is 2.34. The molecule has 3 aromatic carbocycles. The maximum absolute atomic E-state index is 14.2. The molecule has 226 valence electrons. The molecule has 3 aromatic rings. The summed E-state index contributed by atoms with van der Waals surface area (Å²) in [5.41, 5.74) is 1.47. The molecule has 0 unspecified atom stereocenters. The molecular formula is C31H37BrClN3O5S. The summed E-state index contributed by atoms with van der Waals surface area (Å²) in [4.78, 5) is 29.0. The summed E-state index contributed by atoms with van der Waals surface area (Å²) in [5, 5.41) is 3.50. The van der Waals surface area contributed by atoms with E-state index in [1.165, 1.54) is 24.1 Å². The van der Waals surface area contributed by atoms with Crippen molar-refractivity contribution in [1.29, 1.82) is 0 Å². The predicted molar refractivity (Wildman–Crippen MR) is 170 cm³/mol. The van der Waals surface area contributed by atoms with E-state index in [1.54, 1.807) is 54.6 Å². The van der Waals surface area contributed by atoms with E-state index in [0.29, 0.717) is 27.4 Å². The maximum atomic E-state index is 14.2. The van der Waals surface area contributed by atoms with Crippen LogP contribution in [-0.2, 0) is 26.2 Å². The lowest BCUT2D eigenvalue weighted by Gasteiger charge is -2.34. The van der Waals surface area contributed by atoms with E-state index < -0.39 is 34.1 Å². The molecule has 0 aliphatic heterocycles. The minimum Gasteiger partial charge on any atom is -0.496 e. The van der Waals surface area contributed by atoms with E-state index in [9.17, 15) is 18.0 Å². The van der Waals surface area contributed by atoms with Gasteiger partial charge >= 0.3 is 0 Å². The molecule has 0 aliphatic carbocycles. The van der Waals surface area contributed by atoms with Crippen LogP contribution in [0.1, 0.15) is 45.2 Å². The number of ether oxygens (including phenoxy) is 1.